The highest BCUT2D eigenvalue weighted by Crippen LogP contribution is 2.33. The summed E-state index contributed by atoms with van der Waals surface area (Å²) in [5.41, 5.74) is 0.788. The number of sulfone groups is 1. The van der Waals surface area contributed by atoms with Crippen LogP contribution < -0.4 is 4.74 Å². The third kappa shape index (κ3) is 5.04. The van der Waals surface area contributed by atoms with Gasteiger partial charge in [0.25, 0.3) is 0 Å². The van der Waals surface area contributed by atoms with Crippen LogP contribution in [0.15, 0.2) is 12.1 Å². The van der Waals surface area contributed by atoms with Crippen molar-refractivity contribution in [3.05, 3.63) is 27.7 Å². The molecular weight excluding hydrogens is 351 g/mol. The van der Waals surface area contributed by atoms with Gasteiger partial charge in [0, 0.05) is 22.2 Å². The molecule has 0 amide bonds. The first kappa shape index (κ1) is 15.1. The zero-order chi connectivity index (χ0) is 13.1. The quantitative estimate of drug-likeness (QED) is 0.755. The molecule has 0 aliphatic heterocycles. The SMILES string of the molecule is CS(=O)(=O)CCOc1c(Cl)cc(Cl)cc1CBr. The summed E-state index contributed by atoms with van der Waals surface area (Å²) < 4.78 is 27.3. The van der Waals surface area contributed by atoms with E-state index in [2.05, 4.69) is 15.9 Å². The van der Waals surface area contributed by atoms with Crippen LogP contribution in [0.5, 0.6) is 5.75 Å². The molecule has 1 aromatic rings. The molecule has 1 aromatic carbocycles. The Hall–Kier alpha value is 0.0300. The first-order valence-electron chi connectivity index (χ1n) is 4.68. The van der Waals surface area contributed by atoms with E-state index in [0.29, 0.717) is 21.1 Å². The lowest BCUT2D eigenvalue weighted by molar-refractivity contribution is 0.339. The van der Waals surface area contributed by atoms with Crippen molar-refractivity contribution in [3.63, 3.8) is 0 Å². The lowest BCUT2D eigenvalue weighted by Crippen LogP contribution is -2.12. The summed E-state index contributed by atoms with van der Waals surface area (Å²) in [4.78, 5) is 0. The van der Waals surface area contributed by atoms with Crippen molar-refractivity contribution in [2.45, 2.75) is 5.33 Å². The molecule has 0 radical (unpaired) electrons. The Bertz CT molecular complexity index is 503. The molecule has 0 heterocycles. The Morgan fingerprint density at radius 3 is 2.53 bits per heavy atom. The number of hydrogen-bond acceptors (Lipinski definition) is 3. The van der Waals surface area contributed by atoms with E-state index in [4.69, 9.17) is 27.9 Å². The van der Waals surface area contributed by atoms with Gasteiger partial charge in [0.1, 0.15) is 12.4 Å². The molecule has 0 saturated heterocycles. The molecule has 0 bridgehead atoms. The first-order valence-corrected chi connectivity index (χ1v) is 8.61. The molecule has 0 fully saturated rings. The number of alkyl halides is 1. The smallest absolute Gasteiger partial charge is 0.150 e. The van der Waals surface area contributed by atoms with Crippen molar-refractivity contribution >= 4 is 49.0 Å². The number of halogens is 3. The predicted octanol–water partition coefficient (Wildman–Crippen LogP) is 3.31. The van der Waals surface area contributed by atoms with Crippen LogP contribution in [0.1, 0.15) is 5.56 Å². The Balaban J connectivity index is 2.83. The minimum absolute atomic E-state index is 0.0479. The van der Waals surface area contributed by atoms with E-state index in [1.165, 1.54) is 0 Å². The topological polar surface area (TPSA) is 43.4 Å². The van der Waals surface area contributed by atoms with Gasteiger partial charge in [-0.25, -0.2) is 8.42 Å². The minimum atomic E-state index is -3.04. The summed E-state index contributed by atoms with van der Waals surface area (Å²) in [6, 6.07) is 3.28. The van der Waals surface area contributed by atoms with Gasteiger partial charge in [-0.2, -0.15) is 0 Å². The van der Waals surface area contributed by atoms with Gasteiger partial charge >= 0.3 is 0 Å². The second kappa shape index (κ2) is 6.27. The molecule has 7 heteroatoms. The van der Waals surface area contributed by atoms with Gasteiger partial charge in [0.15, 0.2) is 9.84 Å². The maximum Gasteiger partial charge on any atom is 0.150 e. The van der Waals surface area contributed by atoms with Crippen LogP contribution in [0.4, 0.5) is 0 Å². The van der Waals surface area contributed by atoms with Gasteiger partial charge in [-0.05, 0) is 12.1 Å². The second-order valence-corrected chi connectivity index (χ2v) is 7.15. The molecule has 1 rings (SSSR count). The van der Waals surface area contributed by atoms with Crippen LogP contribution in [-0.4, -0.2) is 27.0 Å². The van der Waals surface area contributed by atoms with Crippen LogP contribution in [-0.2, 0) is 15.2 Å². The third-order valence-corrected chi connectivity index (χ3v) is 3.94. The highest BCUT2D eigenvalue weighted by Gasteiger charge is 2.11. The summed E-state index contributed by atoms with van der Waals surface area (Å²) in [5.74, 6) is 0.421. The van der Waals surface area contributed by atoms with Crippen molar-refractivity contribution in [1.82, 2.24) is 0 Å². The van der Waals surface area contributed by atoms with E-state index in [1.54, 1.807) is 12.1 Å². The fourth-order valence-electron chi connectivity index (χ4n) is 1.17. The zero-order valence-electron chi connectivity index (χ0n) is 9.04. The Kier molecular flexibility index (Phi) is 5.57. The fraction of sp³-hybridized carbons (Fsp3) is 0.400. The summed E-state index contributed by atoms with van der Waals surface area (Å²) >= 11 is 15.1. The average Bonchev–Trinajstić information content (AvgIpc) is 2.18. The molecular formula is C10H11BrCl2O3S. The highest BCUT2D eigenvalue weighted by atomic mass is 79.9. The van der Waals surface area contributed by atoms with Gasteiger partial charge in [0.2, 0.25) is 0 Å². The highest BCUT2D eigenvalue weighted by molar-refractivity contribution is 9.08. The van der Waals surface area contributed by atoms with Crippen LogP contribution in [0.25, 0.3) is 0 Å². The van der Waals surface area contributed by atoms with Crippen molar-refractivity contribution in [1.29, 1.82) is 0 Å². The molecule has 0 aromatic heterocycles. The number of ether oxygens (including phenoxy) is 1. The van der Waals surface area contributed by atoms with E-state index < -0.39 is 9.84 Å². The van der Waals surface area contributed by atoms with Gasteiger partial charge in [-0.3, -0.25) is 0 Å². The maximum atomic E-state index is 11.0. The van der Waals surface area contributed by atoms with Crippen LogP contribution in [0.2, 0.25) is 10.0 Å². The Labute approximate surface area is 119 Å². The summed E-state index contributed by atoms with van der Waals surface area (Å²) in [6.45, 7) is 0.0696. The van der Waals surface area contributed by atoms with Crippen LogP contribution in [0, 0.1) is 0 Å². The normalized spacial score (nSPS) is 11.5. The molecule has 0 saturated carbocycles. The summed E-state index contributed by atoms with van der Waals surface area (Å²) in [7, 11) is -3.04. The van der Waals surface area contributed by atoms with E-state index in [9.17, 15) is 8.42 Å². The number of benzene rings is 1. The van der Waals surface area contributed by atoms with E-state index in [0.717, 1.165) is 11.8 Å². The van der Waals surface area contributed by atoms with Gasteiger partial charge in [-0.1, -0.05) is 39.1 Å². The van der Waals surface area contributed by atoms with E-state index in [1.807, 2.05) is 0 Å². The largest absolute Gasteiger partial charge is 0.491 e. The molecule has 0 unspecified atom stereocenters. The summed E-state index contributed by atoms with van der Waals surface area (Å²) in [5, 5.41) is 1.42. The van der Waals surface area contributed by atoms with Gasteiger partial charge in [0.05, 0.1) is 10.8 Å². The van der Waals surface area contributed by atoms with E-state index in [-0.39, 0.29) is 12.4 Å². The molecule has 0 spiro atoms. The number of rotatable bonds is 5. The molecule has 0 aliphatic rings. The monoisotopic (exact) mass is 360 g/mol. The lowest BCUT2D eigenvalue weighted by Gasteiger charge is -2.12. The standard InChI is InChI=1S/C10H11BrCl2O3S/c1-17(14,15)3-2-16-10-7(6-11)4-8(12)5-9(10)13/h4-5H,2-3,6H2,1H3. The summed E-state index contributed by atoms with van der Waals surface area (Å²) in [6.07, 6.45) is 1.16. The second-order valence-electron chi connectivity index (χ2n) is 3.49. The van der Waals surface area contributed by atoms with Crippen LogP contribution >= 0.6 is 39.1 Å². The van der Waals surface area contributed by atoms with Crippen molar-refractivity contribution < 1.29 is 13.2 Å². The van der Waals surface area contributed by atoms with Crippen molar-refractivity contribution in [2.75, 3.05) is 18.6 Å². The lowest BCUT2D eigenvalue weighted by atomic mass is 10.2. The van der Waals surface area contributed by atoms with E-state index >= 15 is 0 Å². The molecule has 17 heavy (non-hydrogen) atoms. The predicted molar refractivity (Wildman–Crippen MR) is 74.3 cm³/mol. The Morgan fingerprint density at radius 2 is 2.00 bits per heavy atom. The van der Waals surface area contributed by atoms with Crippen LogP contribution in [0.3, 0.4) is 0 Å². The fourth-order valence-corrected chi connectivity index (χ4v) is 2.56. The maximum absolute atomic E-state index is 11.0. The average molecular weight is 362 g/mol. The Morgan fingerprint density at radius 1 is 1.35 bits per heavy atom. The third-order valence-electron chi connectivity index (χ3n) is 1.93. The molecule has 3 nitrogen and oxygen atoms in total. The van der Waals surface area contributed by atoms with Crippen molar-refractivity contribution in [3.8, 4) is 5.75 Å². The molecule has 96 valence electrons. The van der Waals surface area contributed by atoms with Gasteiger partial charge < -0.3 is 4.74 Å². The van der Waals surface area contributed by atoms with Crippen molar-refractivity contribution in [2.24, 2.45) is 0 Å². The minimum Gasteiger partial charge on any atom is -0.491 e. The number of hydrogen-bond donors (Lipinski definition) is 0. The van der Waals surface area contributed by atoms with Gasteiger partial charge in [-0.15, -0.1) is 0 Å². The first-order chi connectivity index (χ1) is 7.83. The molecule has 0 aliphatic carbocycles. The molecule has 0 atom stereocenters. The zero-order valence-corrected chi connectivity index (χ0v) is 13.0. The molecule has 0 N–H and O–H groups in total.